The lowest BCUT2D eigenvalue weighted by molar-refractivity contribution is 0.153. The Balaban J connectivity index is 1.77. The first kappa shape index (κ1) is 15.0. The highest BCUT2D eigenvalue weighted by Gasteiger charge is 2.38. The topological polar surface area (TPSA) is 52.6 Å². The third-order valence-electron chi connectivity index (χ3n) is 5.18. The molecule has 2 heterocycles. The highest BCUT2D eigenvalue weighted by molar-refractivity contribution is 5.81. The predicted octanol–water partition coefficient (Wildman–Crippen LogP) is 4.00. The molecule has 2 aromatic rings. The normalized spacial score (nSPS) is 22.3. The number of nitrogens with one attached hydrogen (secondary N) is 1. The van der Waals surface area contributed by atoms with Gasteiger partial charge in [-0.05, 0) is 35.6 Å². The van der Waals surface area contributed by atoms with Gasteiger partial charge >= 0.3 is 6.09 Å². The zero-order valence-electron chi connectivity index (χ0n) is 13.2. The van der Waals surface area contributed by atoms with Crippen molar-refractivity contribution in [3.05, 3.63) is 53.8 Å². The number of carboxylic acid groups (broad SMARTS) is 1. The summed E-state index contributed by atoms with van der Waals surface area (Å²) in [6.45, 7) is 1.96. The van der Waals surface area contributed by atoms with Crippen molar-refractivity contribution in [3.63, 3.8) is 0 Å². The molecule has 2 atom stereocenters. The van der Waals surface area contributed by atoms with Crippen molar-refractivity contribution >= 4 is 11.8 Å². The molecule has 0 aromatic heterocycles. The summed E-state index contributed by atoms with van der Waals surface area (Å²) in [7, 11) is 0. The van der Waals surface area contributed by atoms with Crippen molar-refractivity contribution in [2.45, 2.75) is 12.3 Å². The lowest BCUT2D eigenvalue weighted by Gasteiger charge is -2.19. The SMILES string of the molecule is O=C(O)N1C[C@H]2CCNc3c(-c4ccc(F)cc4)cccc3[C@@H]2C1. The van der Waals surface area contributed by atoms with Crippen molar-refractivity contribution in [2.24, 2.45) is 5.92 Å². The molecule has 24 heavy (non-hydrogen) atoms. The van der Waals surface area contributed by atoms with Gasteiger partial charge in [0, 0.05) is 36.8 Å². The van der Waals surface area contributed by atoms with Crippen LogP contribution in [0.25, 0.3) is 11.1 Å². The minimum atomic E-state index is -0.840. The number of likely N-dealkylation sites (tertiary alicyclic amines) is 1. The standard InChI is InChI=1S/C19H19FN2O2/c20-14-6-4-12(5-7-14)15-2-1-3-16-17-11-22(19(23)24)10-13(17)8-9-21-18(15)16/h1-7,13,17,21H,8-11H2,(H,23,24)/t13-,17-/m1/s1. The Morgan fingerprint density at radius 2 is 1.96 bits per heavy atom. The van der Waals surface area contributed by atoms with Crippen molar-refractivity contribution < 1.29 is 14.3 Å². The average molecular weight is 326 g/mol. The van der Waals surface area contributed by atoms with Crippen LogP contribution in [0.15, 0.2) is 42.5 Å². The summed E-state index contributed by atoms with van der Waals surface area (Å²) in [6.07, 6.45) is 0.110. The van der Waals surface area contributed by atoms with E-state index >= 15 is 0 Å². The van der Waals surface area contributed by atoms with Gasteiger partial charge in [0.25, 0.3) is 0 Å². The van der Waals surface area contributed by atoms with E-state index in [1.807, 2.05) is 12.1 Å². The molecule has 0 spiro atoms. The van der Waals surface area contributed by atoms with Gasteiger partial charge < -0.3 is 15.3 Å². The number of hydrogen-bond donors (Lipinski definition) is 2. The molecule has 4 nitrogen and oxygen atoms in total. The summed E-state index contributed by atoms with van der Waals surface area (Å²) in [4.78, 5) is 12.9. The molecular formula is C19H19FN2O2. The number of para-hydroxylation sites is 1. The maximum atomic E-state index is 13.2. The Morgan fingerprint density at radius 1 is 1.17 bits per heavy atom. The molecule has 2 aliphatic heterocycles. The van der Waals surface area contributed by atoms with Crippen molar-refractivity contribution in [3.8, 4) is 11.1 Å². The first-order chi connectivity index (χ1) is 11.6. The van der Waals surface area contributed by atoms with Crippen LogP contribution in [0.2, 0.25) is 0 Å². The van der Waals surface area contributed by atoms with Crippen molar-refractivity contribution in [1.29, 1.82) is 0 Å². The largest absolute Gasteiger partial charge is 0.465 e. The highest BCUT2D eigenvalue weighted by atomic mass is 19.1. The van der Waals surface area contributed by atoms with Crippen molar-refractivity contribution in [1.82, 2.24) is 4.90 Å². The molecule has 1 amide bonds. The lowest BCUT2D eigenvalue weighted by Crippen LogP contribution is -2.27. The number of benzene rings is 2. The van der Waals surface area contributed by atoms with E-state index in [1.165, 1.54) is 22.6 Å². The van der Waals surface area contributed by atoms with E-state index < -0.39 is 6.09 Å². The van der Waals surface area contributed by atoms with Crippen LogP contribution in [-0.2, 0) is 0 Å². The number of carbonyl (C=O) groups is 1. The minimum absolute atomic E-state index is 0.214. The third kappa shape index (κ3) is 2.50. The second-order valence-corrected chi connectivity index (χ2v) is 6.55. The molecule has 1 saturated heterocycles. The molecule has 0 aliphatic carbocycles. The highest BCUT2D eigenvalue weighted by Crippen LogP contribution is 2.43. The third-order valence-corrected chi connectivity index (χ3v) is 5.18. The molecule has 2 aromatic carbocycles. The van der Waals surface area contributed by atoms with E-state index in [0.717, 1.165) is 29.8 Å². The molecule has 0 saturated carbocycles. The molecule has 2 N–H and O–H groups in total. The summed E-state index contributed by atoms with van der Waals surface area (Å²) in [5.41, 5.74) is 4.24. The molecule has 2 aliphatic rings. The maximum absolute atomic E-state index is 13.2. The van der Waals surface area contributed by atoms with Gasteiger partial charge in [-0.25, -0.2) is 9.18 Å². The number of rotatable bonds is 1. The van der Waals surface area contributed by atoms with E-state index in [2.05, 4.69) is 11.4 Å². The Morgan fingerprint density at radius 3 is 2.71 bits per heavy atom. The van der Waals surface area contributed by atoms with E-state index in [0.29, 0.717) is 19.0 Å². The summed E-state index contributed by atoms with van der Waals surface area (Å²) in [6, 6.07) is 12.6. The van der Waals surface area contributed by atoms with E-state index in [9.17, 15) is 14.3 Å². The van der Waals surface area contributed by atoms with Gasteiger partial charge in [-0.3, -0.25) is 0 Å². The van der Waals surface area contributed by atoms with Gasteiger partial charge in [0.1, 0.15) is 5.82 Å². The molecule has 5 heteroatoms. The number of fused-ring (bicyclic) bond motifs is 3. The summed E-state index contributed by atoms with van der Waals surface area (Å²) < 4.78 is 13.2. The van der Waals surface area contributed by atoms with Gasteiger partial charge in [-0.1, -0.05) is 30.3 Å². The number of amides is 1. The first-order valence-corrected chi connectivity index (χ1v) is 8.24. The fourth-order valence-electron chi connectivity index (χ4n) is 4.00. The van der Waals surface area contributed by atoms with Crippen LogP contribution in [0.4, 0.5) is 14.9 Å². The van der Waals surface area contributed by atoms with E-state index in [4.69, 9.17) is 0 Å². The van der Waals surface area contributed by atoms with Gasteiger partial charge in [0.05, 0.1) is 0 Å². The zero-order valence-corrected chi connectivity index (χ0v) is 13.2. The van der Waals surface area contributed by atoms with Gasteiger partial charge in [0.15, 0.2) is 0 Å². The summed E-state index contributed by atoms with van der Waals surface area (Å²) in [5, 5.41) is 12.8. The Hall–Kier alpha value is -2.56. The first-order valence-electron chi connectivity index (χ1n) is 8.24. The molecular weight excluding hydrogens is 307 g/mol. The van der Waals surface area contributed by atoms with Crippen LogP contribution in [0.3, 0.4) is 0 Å². The zero-order chi connectivity index (χ0) is 16.7. The number of hydrogen-bond acceptors (Lipinski definition) is 2. The van der Waals surface area contributed by atoms with Gasteiger partial charge in [-0.2, -0.15) is 0 Å². The van der Waals surface area contributed by atoms with Crippen LogP contribution in [0.5, 0.6) is 0 Å². The fraction of sp³-hybridized carbons (Fsp3) is 0.316. The molecule has 1 fully saturated rings. The quantitative estimate of drug-likeness (QED) is 0.833. The van der Waals surface area contributed by atoms with Crippen LogP contribution in [0.1, 0.15) is 17.9 Å². The van der Waals surface area contributed by atoms with Crippen LogP contribution < -0.4 is 5.32 Å². The van der Waals surface area contributed by atoms with Crippen molar-refractivity contribution in [2.75, 3.05) is 25.0 Å². The van der Waals surface area contributed by atoms with Crippen LogP contribution >= 0.6 is 0 Å². The monoisotopic (exact) mass is 326 g/mol. The number of nitrogens with zero attached hydrogens (tertiary/aromatic N) is 1. The van der Waals surface area contributed by atoms with E-state index in [-0.39, 0.29) is 11.7 Å². The van der Waals surface area contributed by atoms with Gasteiger partial charge in [-0.15, -0.1) is 0 Å². The maximum Gasteiger partial charge on any atom is 0.407 e. The Labute approximate surface area is 139 Å². The van der Waals surface area contributed by atoms with Crippen LogP contribution in [-0.4, -0.2) is 35.7 Å². The predicted molar refractivity (Wildman–Crippen MR) is 90.8 cm³/mol. The van der Waals surface area contributed by atoms with Gasteiger partial charge in [0.2, 0.25) is 0 Å². The second-order valence-electron chi connectivity index (χ2n) is 6.55. The molecule has 124 valence electrons. The second kappa shape index (κ2) is 5.82. The lowest BCUT2D eigenvalue weighted by atomic mass is 9.85. The molecule has 0 radical (unpaired) electrons. The molecule has 0 unspecified atom stereocenters. The van der Waals surface area contributed by atoms with Crippen LogP contribution in [0, 0.1) is 11.7 Å². The summed E-state index contributed by atoms with van der Waals surface area (Å²) in [5.74, 6) is 0.312. The minimum Gasteiger partial charge on any atom is -0.465 e. The number of halogens is 1. The average Bonchev–Trinajstić information content (AvgIpc) is 2.92. The smallest absolute Gasteiger partial charge is 0.407 e. The van der Waals surface area contributed by atoms with E-state index in [1.54, 1.807) is 12.1 Å². The Bertz CT molecular complexity index is 775. The Kier molecular flexibility index (Phi) is 3.63. The molecule has 4 rings (SSSR count). The number of anilines is 1. The summed E-state index contributed by atoms with van der Waals surface area (Å²) >= 11 is 0. The molecule has 0 bridgehead atoms. The fourth-order valence-corrected chi connectivity index (χ4v) is 4.00.